The maximum Gasteiger partial charge on any atom is 0.308 e. The van der Waals surface area contributed by atoms with Gasteiger partial charge in [-0.15, -0.1) is 11.3 Å². The van der Waals surface area contributed by atoms with Crippen molar-refractivity contribution in [2.75, 3.05) is 26.7 Å². The molecule has 5 nitrogen and oxygen atoms in total. The Hall–Kier alpha value is -1.11. The van der Waals surface area contributed by atoms with Crippen LogP contribution < -0.4 is 0 Å². The van der Waals surface area contributed by atoms with Crippen LogP contribution in [0.3, 0.4) is 0 Å². The van der Waals surface area contributed by atoms with E-state index in [4.69, 9.17) is 16.7 Å². The van der Waals surface area contributed by atoms with Gasteiger partial charge in [-0.1, -0.05) is 18.5 Å². The van der Waals surface area contributed by atoms with Crippen LogP contribution in [0.4, 0.5) is 0 Å². The summed E-state index contributed by atoms with van der Waals surface area (Å²) < 4.78 is 0.712. The Morgan fingerprint density at radius 1 is 1.48 bits per heavy atom. The molecule has 1 fully saturated rings. The summed E-state index contributed by atoms with van der Waals surface area (Å²) >= 11 is 7.34. The molecule has 2 atom stereocenters. The molecule has 0 aliphatic carbocycles. The summed E-state index contributed by atoms with van der Waals surface area (Å²) in [5, 5.41) is 9.11. The third kappa shape index (κ3) is 4.18. The number of amides is 1. The van der Waals surface area contributed by atoms with E-state index in [1.165, 1.54) is 11.3 Å². The van der Waals surface area contributed by atoms with Gasteiger partial charge in [-0.05, 0) is 18.1 Å². The predicted octanol–water partition coefficient (Wildman–Crippen LogP) is 2.01. The standard InChI is InChI=1S/C14H19ClN2O3S/c1-9-5-17(7-11(9)14(19)20)8-13(18)16(2)6-10-3-4-12(15)21-10/h3-4,9,11H,5-8H2,1-2H3,(H,19,20). The number of rotatable bonds is 5. The molecular formula is C14H19ClN2O3S. The first-order chi connectivity index (χ1) is 9.86. The normalized spacial score (nSPS) is 22.4. The van der Waals surface area contributed by atoms with Crippen molar-refractivity contribution >= 4 is 34.8 Å². The zero-order valence-electron chi connectivity index (χ0n) is 12.1. The fourth-order valence-electron chi connectivity index (χ4n) is 2.59. The van der Waals surface area contributed by atoms with E-state index in [1.54, 1.807) is 11.9 Å². The van der Waals surface area contributed by atoms with Gasteiger partial charge >= 0.3 is 5.97 Å². The number of nitrogens with zero attached hydrogens (tertiary/aromatic N) is 2. The van der Waals surface area contributed by atoms with Crippen molar-refractivity contribution in [3.63, 3.8) is 0 Å². The number of carbonyl (C=O) groups excluding carboxylic acids is 1. The first-order valence-corrected chi connectivity index (χ1v) is 7.99. The van der Waals surface area contributed by atoms with E-state index in [0.717, 1.165) is 4.88 Å². The Balaban J connectivity index is 1.85. The second-order valence-electron chi connectivity index (χ2n) is 5.57. The number of hydrogen-bond donors (Lipinski definition) is 1. The largest absolute Gasteiger partial charge is 0.481 e. The van der Waals surface area contributed by atoms with E-state index in [2.05, 4.69) is 0 Å². The second kappa shape index (κ2) is 6.77. The number of aliphatic carboxylic acids is 1. The molecule has 1 N–H and O–H groups in total. The molecule has 0 bridgehead atoms. The lowest BCUT2D eigenvalue weighted by Gasteiger charge is -2.21. The smallest absolute Gasteiger partial charge is 0.308 e. The van der Waals surface area contributed by atoms with E-state index < -0.39 is 5.97 Å². The van der Waals surface area contributed by atoms with Gasteiger partial charge < -0.3 is 10.0 Å². The van der Waals surface area contributed by atoms with Crippen LogP contribution in [-0.2, 0) is 16.1 Å². The SMILES string of the molecule is CC1CN(CC(=O)N(C)Cc2ccc(Cl)s2)CC1C(=O)O. The van der Waals surface area contributed by atoms with Crippen LogP contribution in [0.1, 0.15) is 11.8 Å². The molecule has 0 saturated carbocycles. The van der Waals surface area contributed by atoms with Gasteiger partial charge in [-0.25, -0.2) is 0 Å². The van der Waals surface area contributed by atoms with Crippen LogP contribution in [0.2, 0.25) is 4.34 Å². The van der Waals surface area contributed by atoms with Crippen LogP contribution in [-0.4, -0.2) is 53.5 Å². The highest BCUT2D eigenvalue weighted by atomic mass is 35.5. The third-order valence-electron chi connectivity index (χ3n) is 3.81. The molecule has 1 aromatic heterocycles. The predicted molar refractivity (Wildman–Crippen MR) is 82.5 cm³/mol. The number of carboxylic acid groups (broad SMARTS) is 1. The summed E-state index contributed by atoms with van der Waals surface area (Å²) in [6.07, 6.45) is 0. The van der Waals surface area contributed by atoms with E-state index in [9.17, 15) is 9.59 Å². The third-order valence-corrected chi connectivity index (χ3v) is 5.03. The van der Waals surface area contributed by atoms with E-state index in [-0.39, 0.29) is 24.3 Å². The number of hydrogen-bond acceptors (Lipinski definition) is 4. The number of likely N-dealkylation sites (N-methyl/N-ethyl adjacent to an activating group) is 1. The summed E-state index contributed by atoms with van der Waals surface area (Å²) in [7, 11) is 1.75. The van der Waals surface area contributed by atoms with Gasteiger partial charge in [0.15, 0.2) is 0 Å². The zero-order valence-corrected chi connectivity index (χ0v) is 13.7. The molecule has 116 valence electrons. The molecule has 0 radical (unpaired) electrons. The molecule has 1 aliphatic heterocycles. The number of likely N-dealkylation sites (tertiary alicyclic amines) is 1. The second-order valence-corrected chi connectivity index (χ2v) is 7.37. The van der Waals surface area contributed by atoms with Crippen molar-refractivity contribution in [3.8, 4) is 0 Å². The number of halogens is 1. The number of thiophene rings is 1. The number of carbonyl (C=O) groups is 2. The first-order valence-electron chi connectivity index (χ1n) is 6.80. The molecule has 0 spiro atoms. The maximum atomic E-state index is 12.2. The molecule has 1 saturated heterocycles. The minimum absolute atomic E-state index is 0.00207. The molecule has 7 heteroatoms. The summed E-state index contributed by atoms with van der Waals surface area (Å²) in [5.74, 6) is -1.08. The fraction of sp³-hybridized carbons (Fsp3) is 0.571. The Bertz CT molecular complexity index is 534. The zero-order chi connectivity index (χ0) is 15.6. The van der Waals surface area contributed by atoms with E-state index >= 15 is 0 Å². The summed E-state index contributed by atoms with van der Waals surface area (Å²) in [4.78, 5) is 27.9. The van der Waals surface area contributed by atoms with Crippen molar-refractivity contribution in [2.45, 2.75) is 13.5 Å². The Labute approximate surface area is 133 Å². The summed E-state index contributed by atoms with van der Waals surface area (Å²) in [5.41, 5.74) is 0. The highest BCUT2D eigenvalue weighted by molar-refractivity contribution is 7.16. The van der Waals surface area contributed by atoms with Crippen LogP contribution in [0.5, 0.6) is 0 Å². The molecule has 0 aromatic carbocycles. The lowest BCUT2D eigenvalue weighted by atomic mass is 9.99. The van der Waals surface area contributed by atoms with Crippen molar-refractivity contribution in [1.82, 2.24) is 9.80 Å². The van der Waals surface area contributed by atoms with E-state index in [1.807, 2.05) is 24.0 Å². The highest BCUT2D eigenvalue weighted by Crippen LogP contribution is 2.24. The molecule has 1 aromatic rings. The van der Waals surface area contributed by atoms with Crippen molar-refractivity contribution < 1.29 is 14.7 Å². The molecule has 1 aliphatic rings. The van der Waals surface area contributed by atoms with Crippen molar-refractivity contribution in [1.29, 1.82) is 0 Å². The first kappa shape index (κ1) is 16.3. The van der Waals surface area contributed by atoms with Crippen molar-refractivity contribution in [3.05, 3.63) is 21.3 Å². The Morgan fingerprint density at radius 2 is 2.19 bits per heavy atom. The van der Waals surface area contributed by atoms with Crippen LogP contribution in [0.15, 0.2) is 12.1 Å². The van der Waals surface area contributed by atoms with Gasteiger partial charge in [0.05, 0.1) is 23.3 Å². The maximum absolute atomic E-state index is 12.2. The van der Waals surface area contributed by atoms with Gasteiger partial charge in [0.1, 0.15) is 0 Å². The van der Waals surface area contributed by atoms with Gasteiger partial charge in [0.2, 0.25) is 5.91 Å². The molecule has 21 heavy (non-hydrogen) atoms. The topological polar surface area (TPSA) is 60.9 Å². The summed E-state index contributed by atoms with van der Waals surface area (Å²) in [6, 6.07) is 3.73. The monoisotopic (exact) mass is 330 g/mol. The molecular weight excluding hydrogens is 312 g/mol. The quantitative estimate of drug-likeness (QED) is 0.897. The molecule has 2 unspecified atom stereocenters. The van der Waals surface area contributed by atoms with Crippen molar-refractivity contribution in [2.24, 2.45) is 11.8 Å². The van der Waals surface area contributed by atoms with Crippen LogP contribution >= 0.6 is 22.9 Å². The van der Waals surface area contributed by atoms with Gasteiger partial charge in [0.25, 0.3) is 0 Å². The Kier molecular flexibility index (Phi) is 5.24. The molecule has 2 rings (SSSR count). The lowest BCUT2D eigenvalue weighted by molar-refractivity contribution is -0.142. The highest BCUT2D eigenvalue weighted by Gasteiger charge is 2.35. The fourth-order valence-corrected chi connectivity index (χ4v) is 3.73. The molecule has 2 heterocycles. The minimum Gasteiger partial charge on any atom is -0.481 e. The van der Waals surface area contributed by atoms with Crippen LogP contribution in [0, 0.1) is 11.8 Å². The van der Waals surface area contributed by atoms with Gasteiger partial charge in [0, 0.05) is 25.0 Å². The lowest BCUT2D eigenvalue weighted by Crippen LogP contribution is -2.37. The van der Waals surface area contributed by atoms with Crippen LogP contribution in [0.25, 0.3) is 0 Å². The van der Waals surface area contributed by atoms with E-state index in [0.29, 0.717) is 24.0 Å². The Morgan fingerprint density at radius 3 is 2.71 bits per heavy atom. The van der Waals surface area contributed by atoms with Gasteiger partial charge in [-0.2, -0.15) is 0 Å². The number of carboxylic acids is 1. The summed E-state index contributed by atoms with van der Waals surface area (Å²) in [6.45, 7) is 3.81. The van der Waals surface area contributed by atoms with Gasteiger partial charge in [-0.3, -0.25) is 14.5 Å². The average molecular weight is 331 g/mol. The average Bonchev–Trinajstić information content (AvgIpc) is 2.95. The minimum atomic E-state index is -0.779. The molecule has 1 amide bonds.